The minimum atomic E-state index is -0.649. The SMILES string of the molecule is CC(C)(C)OC(=O)N1C[C@@H](O)Cc2c1cc(OCc1ccccc1)c1ccccc21. The van der Waals surface area contributed by atoms with E-state index in [-0.39, 0.29) is 6.54 Å². The van der Waals surface area contributed by atoms with Gasteiger partial charge in [0.2, 0.25) is 0 Å². The number of β-amino-alcohol motifs (C(OH)–C–C–N with tert-alkyl or cyclic N) is 1. The first-order chi connectivity index (χ1) is 14.3. The molecule has 5 heteroatoms. The van der Waals surface area contributed by atoms with Gasteiger partial charge in [-0.25, -0.2) is 4.79 Å². The van der Waals surface area contributed by atoms with Crippen LogP contribution in [0.3, 0.4) is 0 Å². The van der Waals surface area contributed by atoms with Crippen molar-refractivity contribution in [1.29, 1.82) is 0 Å². The molecule has 0 unspecified atom stereocenters. The van der Waals surface area contributed by atoms with Gasteiger partial charge in [0.05, 0.1) is 18.3 Å². The second-order valence-corrected chi connectivity index (χ2v) is 8.64. The van der Waals surface area contributed by atoms with Crippen molar-refractivity contribution in [3.63, 3.8) is 0 Å². The molecule has 0 saturated heterocycles. The molecule has 3 aromatic carbocycles. The first-order valence-corrected chi connectivity index (χ1v) is 10.2. The third-order valence-electron chi connectivity index (χ3n) is 5.07. The fourth-order valence-corrected chi connectivity index (χ4v) is 3.80. The van der Waals surface area contributed by atoms with Crippen LogP contribution < -0.4 is 9.64 Å². The smallest absolute Gasteiger partial charge is 0.414 e. The van der Waals surface area contributed by atoms with Gasteiger partial charge in [0.15, 0.2) is 0 Å². The van der Waals surface area contributed by atoms with Gasteiger partial charge < -0.3 is 14.6 Å². The largest absolute Gasteiger partial charge is 0.488 e. The molecular formula is C25H27NO4. The number of ether oxygens (including phenoxy) is 2. The van der Waals surface area contributed by atoms with Gasteiger partial charge in [0.25, 0.3) is 0 Å². The summed E-state index contributed by atoms with van der Waals surface area (Å²) in [5.74, 6) is 0.707. The number of carbonyl (C=O) groups excluding carboxylic acids is 1. The Morgan fingerprint density at radius 2 is 1.73 bits per heavy atom. The zero-order valence-corrected chi connectivity index (χ0v) is 17.6. The van der Waals surface area contributed by atoms with E-state index in [0.717, 1.165) is 27.6 Å². The Kier molecular flexibility index (Phi) is 5.39. The molecule has 1 N–H and O–H groups in total. The lowest BCUT2D eigenvalue weighted by atomic mass is 9.93. The van der Waals surface area contributed by atoms with Crippen LogP contribution in [0, 0.1) is 0 Å². The zero-order chi connectivity index (χ0) is 21.3. The number of aliphatic hydroxyl groups is 1. The molecule has 1 aliphatic heterocycles. The Balaban J connectivity index is 1.77. The van der Waals surface area contributed by atoms with Gasteiger partial charge in [-0.15, -0.1) is 0 Å². The molecule has 0 bridgehead atoms. The van der Waals surface area contributed by atoms with E-state index in [0.29, 0.717) is 18.8 Å². The van der Waals surface area contributed by atoms with Crippen molar-refractivity contribution in [2.45, 2.75) is 45.5 Å². The number of amides is 1. The topological polar surface area (TPSA) is 59.0 Å². The Morgan fingerprint density at radius 3 is 2.43 bits per heavy atom. The highest BCUT2D eigenvalue weighted by Crippen LogP contribution is 2.40. The fourth-order valence-electron chi connectivity index (χ4n) is 3.80. The van der Waals surface area contributed by atoms with Gasteiger partial charge in [-0.1, -0.05) is 54.6 Å². The summed E-state index contributed by atoms with van der Waals surface area (Å²) in [6, 6.07) is 19.8. The molecule has 1 heterocycles. The first-order valence-electron chi connectivity index (χ1n) is 10.2. The molecule has 1 amide bonds. The zero-order valence-electron chi connectivity index (χ0n) is 17.6. The summed E-state index contributed by atoms with van der Waals surface area (Å²) in [6.07, 6.45) is -0.634. The van der Waals surface area contributed by atoms with Crippen LogP contribution in [-0.4, -0.2) is 29.4 Å². The minimum absolute atomic E-state index is 0.193. The van der Waals surface area contributed by atoms with Crippen LogP contribution in [0.25, 0.3) is 10.8 Å². The Hall–Kier alpha value is -3.05. The molecule has 0 aromatic heterocycles. The number of anilines is 1. The maximum absolute atomic E-state index is 12.9. The predicted octanol–water partition coefficient (Wildman–Crippen LogP) is 5.08. The molecule has 1 atom stereocenters. The summed E-state index contributed by atoms with van der Waals surface area (Å²) in [5, 5.41) is 12.4. The molecule has 1 aliphatic rings. The van der Waals surface area contributed by atoms with Gasteiger partial charge in [0, 0.05) is 17.9 Å². The molecule has 5 nitrogen and oxygen atoms in total. The highest BCUT2D eigenvalue weighted by atomic mass is 16.6. The molecule has 4 rings (SSSR count). The van der Waals surface area contributed by atoms with E-state index >= 15 is 0 Å². The van der Waals surface area contributed by atoms with E-state index in [1.165, 1.54) is 4.90 Å². The molecular weight excluding hydrogens is 378 g/mol. The van der Waals surface area contributed by atoms with Gasteiger partial charge in [-0.2, -0.15) is 0 Å². The molecule has 0 spiro atoms. The number of rotatable bonds is 3. The van der Waals surface area contributed by atoms with Crippen molar-refractivity contribution in [3.05, 3.63) is 71.8 Å². The van der Waals surface area contributed by atoms with Gasteiger partial charge in [-0.05, 0) is 37.3 Å². The number of benzene rings is 3. The lowest BCUT2D eigenvalue weighted by Gasteiger charge is -2.35. The van der Waals surface area contributed by atoms with Crippen LogP contribution in [0.5, 0.6) is 5.75 Å². The predicted molar refractivity (Wildman–Crippen MR) is 118 cm³/mol. The van der Waals surface area contributed by atoms with Gasteiger partial charge >= 0.3 is 6.09 Å². The van der Waals surface area contributed by atoms with Crippen LogP contribution in [0.15, 0.2) is 60.7 Å². The van der Waals surface area contributed by atoms with Crippen molar-refractivity contribution >= 4 is 22.6 Å². The van der Waals surface area contributed by atoms with Crippen molar-refractivity contribution < 1.29 is 19.4 Å². The van der Waals surface area contributed by atoms with Crippen LogP contribution in [0.2, 0.25) is 0 Å². The Morgan fingerprint density at radius 1 is 1.07 bits per heavy atom. The van der Waals surface area contributed by atoms with Crippen LogP contribution >= 0.6 is 0 Å². The molecule has 30 heavy (non-hydrogen) atoms. The average molecular weight is 405 g/mol. The third-order valence-corrected chi connectivity index (χ3v) is 5.07. The molecule has 0 aliphatic carbocycles. The van der Waals surface area contributed by atoms with Crippen LogP contribution in [-0.2, 0) is 17.8 Å². The number of carbonyl (C=O) groups is 1. The van der Waals surface area contributed by atoms with Gasteiger partial charge in [0.1, 0.15) is 18.0 Å². The number of aliphatic hydroxyl groups excluding tert-OH is 1. The lowest BCUT2D eigenvalue weighted by Crippen LogP contribution is -2.45. The third kappa shape index (κ3) is 4.26. The maximum Gasteiger partial charge on any atom is 0.414 e. The Bertz CT molecular complexity index is 1060. The van der Waals surface area contributed by atoms with E-state index in [4.69, 9.17) is 9.47 Å². The van der Waals surface area contributed by atoms with Crippen molar-refractivity contribution in [2.75, 3.05) is 11.4 Å². The van der Waals surface area contributed by atoms with Crippen LogP contribution in [0.1, 0.15) is 31.9 Å². The monoisotopic (exact) mass is 405 g/mol. The van der Waals surface area contributed by atoms with E-state index in [1.807, 2.05) is 81.4 Å². The van der Waals surface area contributed by atoms with Crippen molar-refractivity contribution in [3.8, 4) is 5.75 Å². The molecule has 0 saturated carbocycles. The maximum atomic E-state index is 12.9. The van der Waals surface area contributed by atoms with Crippen molar-refractivity contribution in [2.24, 2.45) is 0 Å². The molecule has 0 radical (unpaired) electrons. The minimum Gasteiger partial charge on any atom is -0.488 e. The standard InChI is InChI=1S/C25H27NO4/c1-25(2,3)30-24(28)26-15-18(27)13-21-19-11-7-8-12-20(19)23(14-22(21)26)29-16-17-9-5-4-6-10-17/h4-12,14,18,27H,13,15-16H2,1-3H3/t18-/m0/s1. The number of nitrogens with zero attached hydrogens (tertiary/aromatic N) is 1. The lowest BCUT2D eigenvalue weighted by molar-refractivity contribution is 0.0548. The highest BCUT2D eigenvalue weighted by Gasteiger charge is 2.32. The summed E-state index contributed by atoms with van der Waals surface area (Å²) in [5.41, 5.74) is 2.11. The van der Waals surface area contributed by atoms with E-state index in [2.05, 4.69) is 0 Å². The second kappa shape index (κ2) is 8.00. The first kappa shape index (κ1) is 20.2. The average Bonchev–Trinajstić information content (AvgIpc) is 2.71. The summed E-state index contributed by atoms with van der Waals surface area (Å²) in [4.78, 5) is 14.4. The summed E-state index contributed by atoms with van der Waals surface area (Å²) in [6.45, 7) is 6.12. The van der Waals surface area contributed by atoms with Crippen molar-refractivity contribution in [1.82, 2.24) is 0 Å². The summed E-state index contributed by atoms with van der Waals surface area (Å²) in [7, 11) is 0. The Labute approximate surface area is 176 Å². The van der Waals surface area contributed by atoms with E-state index in [1.54, 1.807) is 0 Å². The normalized spacial score (nSPS) is 16.3. The van der Waals surface area contributed by atoms with E-state index in [9.17, 15) is 9.90 Å². The molecule has 3 aromatic rings. The molecule has 0 fully saturated rings. The number of hydrogen-bond acceptors (Lipinski definition) is 4. The number of fused-ring (bicyclic) bond motifs is 3. The number of hydrogen-bond donors (Lipinski definition) is 1. The summed E-state index contributed by atoms with van der Waals surface area (Å²) >= 11 is 0. The van der Waals surface area contributed by atoms with E-state index < -0.39 is 17.8 Å². The summed E-state index contributed by atoms with van der Waals surface area (Å²) < 4.78 is 11.8. The quantitative estimate of drug-likeness (QED) is 0.660. The second-order valence-electron chi connectivity index (χ2n) is 8.64. The fraction of sp³-hybridized carbons (Fsp3) is 0.320. The molecule has 156 valence electrons. The highest BCUT2D eigenvalue weighted by molar-refractivity contribution is 6.00. The van der Waals surface area contributed by atoms with Crippen LogP contribution in [0.4, 0.5) is 10.5 Å². The van der Waals surface area contributed by atoms with Gasteiger partial charge in [-0.3, -0.25) is 4.90 Å².